The van der Waals surface area contributed by atoms with Gasteiger partial charge in [-0.2, -0.15) is 0 Å². The van der Waals surface area contributed by atoms with E-state index in [0.29, 0.717) is 0 Å². The zero-order valence-electron chi connectivity index (χ0n) is 14.7. The summed E-state index contributed by atoms with van der Waals surface area (Å²) in [5.41, 5.74) is 7.81. The zero-order chi connectivity index (χ0) is 17.3. The molecule has 0 saturated heterocycles. The van der Waals surface area contributed by atoms with Crippen LogP contribution in [-0.2, 0) is 5.41 Å². The molecule has 0 N–H and O–H groups in total. The Balaban J connectivity index is 2.08. The highest BCUT2D eigenvalue weighted by molar-refractivity contribution is 5.89. The van der Waals surface area contributed by atoms with Gasteiger partial charge < -0.3 is 0 Å². The molecule has 1 aliphatic carbocycles. The van der Waals surface area contributed by atoms with Gasteiger partial charge in [0, 0.05) is 0 Å². The van der Waals surface area contributed by atoms with Crippen molar-refractivity contribution in [2.75, 3.05) is 0 Å². The Morgan fingerprint density at radius 2 is 1.00 bits per heavy atom. The van der Waals surface area contributed by atoms with Gasteiger partial charge in [0.1, 0.15) is 0 Å². The lowest BCUT2D eigenvalue weighted by Gasteiger charge is -2.33. The molecule has 0 nitrogen and oxygen atoms in total. The molecule has 0 aliphatic heterocycles. The first-order valence-corrected chi connectivity index (χ1v) is 8.81. The topological polar surface area (TPSA) is 0 Å². The van der Waals surface area contributed by atoms with Crippen molar-refractivity contribution < 1.29 is 0 Å². The summed E-state index contributed by atoms with van der Waals surface area (Å²) < 4.78 is 0. The molecule has 122 valence electrons. The summed E-state index contributed by atoms with van der Waals surface area (Å²) >= 11 is 0. The fourth-order valence-corrected chi connectivity index (χ4v) is 4.07. The normalized spacial score (nSPS) is 16.0. The van der Waals surface area contributed by atoms with Crippen molar-refractivity contribution in [2.45, 2.75) is 19.3 Å². The van der Waals surface area contributed by atoms with Gasteiger partial charge in [-0.15, -0.1) is 0 Å². The first-order valence-electron chi connectivity index (χ1n) is 8.81. The second-order valence-electron chi connectivity index (χ2n) is 6.73. The minimum absolute atomic E-state index is 0.238. The maximum atomic E-state index is 2.44. The van der Waals surface area contributed by atoms with Crippen molar-refractivity contribution in [3.8, 4) is 0 Å². The highest BCUT2D eigenvalue weighted by Crippen LogP contribution is 2.52. The number of hydrogen-bond acceptors (Lipinski definition) is 0. The van der Waals surface area contributed by atoms with Crippen LogP contribution in [0.15, 0.2) is 108 Å². The molecule has 1 aliphatic rings. The molecule has 0 spiro atoms. The highest BCUT2D eigenvalue weighted by Gasteiger charge is 2.41. The number of allylic oxidation sites excluding steroid dienone is 4. The molecule has 0 amide bonds. The molecule has 0 aromatic heterocycles. The lowest BCUT2D eigenvalue weighted by atomic mass is 9.68. The SMILES string of the molecule is CC1=CC(c2ccccc2)(c2ccccc2)C(c2ccccc2)=C1C. The van der Waals surface area contributed by atoms with Crippen molar-refractivity contribution in [2.24, 2.45) is 0 Å². The van der Waals surface area contributed by atoms with Crippen LogP contribution in [0.2, 0.25) is 0 Å². The van der Waals surface area contributed by atoms with E-state index in [9.17, 15) is 0 Å². The van der Waals surface area contributed by atoms with Crippen LogP contribution in [0.4, 0.5) is 0 Å². The van der Waals surface area contributed by atoms with Crippen LogP contribution in [-0.4, -0.2) is 0 Å². The summed E-state index contributed by atoms with van der Waals surface area (Å²) in [4.78, 5) is 0. The first kappa shape index (κ1) is 15.7. The molecule has 25 heavy (non-hydrogen) atoms. The van der Waals surface area contributed by atoms with Gasteiger partial charge >= 0.3 is 0 Å². The Bertz CT molecular complexity index is 890. The first-order chi connectivity index (χ1) is 12.2. The molecule has 0 radical (unpaired) electrons. The third-order valence-electron chi connectivity index (χ3n) is 5.31. The molecule has 4 rings (SSSR count). The number of hydrogen-bond donors (Lipinski definition) is 0. The largest absolute Gasteiger partial charge is 0.0646 e. The monoisotopic (exact) mass is 322 g/mol. The quantitative estimate of drug-likeness (QED) is 0.523. The summed E-state index contributed by atoms with van der Waals surface area (Å²) in [6.07, 6.45) is 2.44. The summed E-state index contributed by atoms with van der Waals surface area (Å²) in [5.74, 6) is 0. The van der Waals surface area contributed by atoms with Crippen molar-refractivity contribution >= 4 is 5.57 Å². The van der Waals surface area contributed by atoms with E-state index in [1.165, 1.54) is 33.4 Å². The second kappa shape index (κ2) is 6.22. The van der Waals surface area contributed by atoms with Crippen molar-refractivity contribution in [3.63, 3.8) is 0 Å². The van der Waals surface area contributed by atoms with Crippen LogP contribution in [0, 0.1) is 0 Å². The maximum absolute atomic E-state index is 2.44. The summed E-state index contributed by atoms with van der Waals surface area (Å²) in [6.45, 7) is 4.48. The zero-order valence-corrected chi connectivity index (χ0v) is 14.7. The predicted octanol–water partition coefficient (Wildman–Crippen LogP) is 6.41. The smallest absolute Gasteiger partial charge is 0.0622 e. The van der Waals surface area contributed by atoms with E-state index >= 15 is 0 Å². The van der Waals surface area contributed by atoms with E-state index in [4.69, 9.17) is 0 Å². The van der Waals surface area contributed by atoms with Crippen LogP contribution < -0.4 is 0 Å². The van der Waals surface area contributed by atoms with E-state index in [2.05, 4.69) is 111 Å². The van der Waals surface area contributed by atoms with Crippen LogP contribution in [0.3, 0.4) is 0 Å². The van der Waals surface area contributed by atoms with Crippen LogP contribution in [0.5, 0.6) is 0 Å². The van der Waals surface area contributed by atoms with Gasteiger partial charge in [-0.1, -0.05) is 103 Å². The van der Waals surface area contributed by atoms with Gasteiger partial charge in [0.2, 0.25) is 0 Å². The molecule has 0 fully saturated rings. The lowest BCUT2D eigenvalue weighted by molar-refractivity contribution is 0.846. The second-order valence-corrected chi connectivity index (χ2v) is 6.73. The van der Waals surface area contributed by atoms with E-state index in [1.807, 2.05) is 0 Å². The van der Waals surface area contributed by atoms with Crippen LogP contribution in [0.1, 0.15) is 30.5 Å². The van der Waals surface area contributed by atoms with Crippen LogP contribution >= 0.6 is 0 Å². The molecule has 0 bridgehead atoms. The predicted molar refractivity (Wildman–Crippen MR) is 106 cm³/mol. The minimum atomic E-state index is -0.238. The van der Waals surface area contributed by atoms with Crippen molar-refractivity contribution in [1.29, 1.82) is 0 Å². The third kappa shape index (κ3) is 2.46. The van der Waals surface area contributed by atoms with E-state index in [-0.39, 0.29) is 5.41 Å². The Labute approximate surface area is 150 Å². The Hall–Kier alpha value is -2.86. The minimum Gasteiger partial charge on any atom is -0.0622 e. The van der Waals surface area contributed by atoms with Gasteiger partial charge in [-0.3, -0.25) is 0 Å². The molecular weight excluding hydrogens is 300 g/mol. The molecule has 3 aromatic carbocycles. The highest BCUT2D eigenvalue weighted by atomic mass is 14.4. The lowest BCUT2D eigenvalue weighted by Crippen LogP contribution is -2.25. The molecule has 0 heterocycles. The van der Waals surface area contributed by atoms with Crippen LogP contribution in [0.25, 0.3) is 5.57 Å². The number of rotatable bonds is 3. The van der Waals surface area contributed by atoms with E-state index in [1.54, 1.807) is 0 Å². The summed E-state index contributed by atoms with van der Waals surface area (Å²) in [6, 6.07) is 32.5. The van der Waals surface area contributed by atoms with Crippen molar-refractivity contribution in [3.05, 3.63) is 125 Å². The molecule has 0 heteroatoms. The Morgan fingerprint density at radius 3 is 1.48 bits per heavy atom. The van der Waals surface area contributed by atoms with Gasteiger partial charge in [0.25, 0.3) is 0 Å². The van der Waals surface area contributed by atoms with Gasteiger partial charge in [0.05, 0.1) is 5.41 Å². The Morgan fingerprint density at radius 1 is 0.560 bits per heavy atom. The third-order valence-corrected chi connectivity index (χ3v) is 5.31. The fourth-order valence-electron chi connectivity index (χ4n) is 4.07. The fraction of sp³-hybridized carbons (Fsp3) is 0.120. The standard InChI is InChI=1S/C25H22/c1-19-18-25(22-14-8-4-9-15-22,23-16-10-5-11-17-23)24(20(19)2)21-12-6-3-7-13-21/h3-18H,1-2H3. The number of benzene rings is 3. The molecule has 0 unspecified atom stereocenters. The molecular formula is C25H22. The Kier molecular flexibility index (Phi) is 3.89. The summed E-state index contributed by atoms with van der Waals surface area (Å²) in [5, 5.41) is 0. The van der Waals surface area contributed by atoms with Gasteiger partial charge in [0.15, 0.2) is 0 Å². The van der Waals surface area contributed by atoms with Gasteiger partial charge in [-0.05, 0) is 41.7 Å². The van der Waals surface area contributed by atoms with Crippen molar-refractivity contribution in [1.82, 2.24) is 0 Å². The molecule has 3 aromatic rings. The average molecular weight is 322 g/mol. The molecule has 0 atom stereocenters. The summed E-state index contributed by atoms with van der Waals surface area (Å²) in [7, 11) is 0. The van der Waals surface area contributed by atoms with E-state index in [0.717, 1.165) is 0 Å². The van der Waals surface area contributed by atoms with Gasteiger partial charge in [-0.25, -0.2) is 0 Å². The average Bonchev–Trinajstić information content (AvgIpc) is 2.96. The van der Waals surface area contributed by atoms with E-state index < -0.39 is 0 Å². The molecule has 0 saturated carbocycles. The maximum Gasteiger partial charge on any atom is 0.0646 e.